The first kappa shape index (κ1) is 22.6. The Hall–Kier alpha value is -1.54. The molecule has 2 aliphatic rings. The van der Waals surface area contributed by atoms with Gasteiger partial charge in [-0.3, -0.25) is 0 Å². The van der Waals surface area contributed by atoms with Crippen LogP contribution in [0.1, 0.15) is 41.5 Å². The van der Waals surface area contributed by atoms with Gasteiger partial charge in [-0.15, -0.1) is 0 Å². The van der Waals surface area contributed by atoms with E-state index in [-0.39, 0.29) is 11.6 Å². The average Bonchev–Trinajstić information content (AvgIpc) is 3.13. The van der Waals surface area contributed by atoms with Crippen molar-refractivity contribution in [1.82, 2.24) is 0 Å². The van der Waals surface area contributed by atoms with E-state index in [1.165, 1.54) is 10.4 Å². The molecular formula is C25H34O5Si. The molecule has 2 aliphatic heterocycles. The molecule has 0 aliphatic carbocycles. The van der Waals surface area contributed by atoms with Crippen molar-refractivity contribution >= 4 is 18.7 Å². The minimum atomic E-state index is -2.72. The van der Waals surface area contributed by atoms with E-state index in [0.717, 1.165) is 0 Å². The summed E-state index contributed by atoms with van der Waals surface area (Å²) in [6, 6.07) is 20.9. The van der Waals surface area contributed by atoms with Crippen molar-refractivity contribution in [2.75, 3.05) is 6.61 Å². The highest BCUT2D eigenvalue weighted by atomic mass is 28.4. The van der Waals surface area contributed by atoms with Gasteiger partial charge in [-0.25, -0.2) is 0 Å². The molecule has 0 aromatic heterocycles. The van der Waals surface area contributed by atoms with E-state index in [1.807, 2.05) is 26.0 Å². The van der Waals surface area contributed by atoms with Crippen LogP contribution in [0.25, 0.3) is 0 Å². The van der Waals surface area contributed by atoms with E-state index in [0.29, 0.717) is 0 Å². The smallest absolute Gasteiger partial charge is 0.261 e. The summed E-state index contributed by atoms with van der Waals surface area (Å²) in [4.78, 5) is 0. The van der Waals surface area contributed by atoms with Crippen LogP contribution in [0, 0.1) is 0 Å². The monoisotopic (exact) mass is 442 g/mol. The van der Waals surface area contributed by atoms with Crippen LogP contribution in [0.15, 0.2) is 60.7 Å². The minimum Gasteiger partial charge on any atom is -0.405 e. The van der Waals surface area contributed by atoms with Crippen molar-refractivity contribution in [1.29, 1.82) is 0 Å². The maximum Gasteiger partial charge on any atom is 0.261 e. The number of ether oxygens (including phenoxy) is 3. The third-order valence-corrected chi connectivity index (χ3v) is 11.5. The van der Waals surface area contributed by atoms with Crippen molar-refractivity contribution < 1.29 is 23.7 Å². The van der Waals surface area contributed by atoms with Gasteiger partial charge in [-0.2, -0.15) is 0 Å². The summed E-state index contributed by atoms with van der Waals surface area (Å²) >= 11 is 0. The molecule has 1 N–H and O–H groups in total. The van der Waals surface area contributed by atoms with Gasteiger partial charge in [0.2, 0.25) is 0 Å². The molecule has 0 spiro atoms. The van der Waals surface area contributed by atoms with E-state index in [1.54, 1.807) is 6.92 Å². The zero-order valence-corrected chi connectivity index (χ0v) is 20.3. The Bertz CT molecular complexity index is 852. The normalized spacial score (nSPS) is 30.4. The first-order valence-electron chi connectivity index (χ1n) is 11.0. The molecule has 2 fully saturated rings. The van der Waals surface area contributed by atoms with Gasteiger partial charge >= 0.3 is 0 Å². The van der Waals surface area contributed by atoms with Gasteiger partial charge in [0.25, 0.3) is 8.32 Å². The fraction of sp³-hybridized carbons (Fsp3) is 0.520. The van der Waals surface area contributed by atoms with Crippen LogP contribution < -0.4 is 10.4 Å². The molecule has 2 aromatic rings. The number of hydrogen-bond donors (Lipinski definition) is 1. The number of hydrogen-bond acceptors (Lipinski definition) is 5. The summed E-state index contributed by atoms with van der Waals surface area (Å²) < 4.78 is 24.9. The molecule has 2 saturated heterocycles. The molecule has 5 nitrogen and oxygen atoms in total. The fourth-order valence-electron chi connectivity index (χ4n) is 4.88. The lowest BCUT2D eigenvalue weighted by Gasteiger charge is -2.44. The van der Waals surface area contributed by atoms with Crippen LogP contribution in [0.2, 0.25) is 5.04 Å². The molecule has 2 heterocycles. The highest BCUT2D eigenvalue weighted by Crippen LogP contribution is 2.44. The number of benzene rings is 2. The van der Waals surface area contributed by atoms with Crippen LogP contribution in [0.5, 0.6) is 0 Å². The van der Waals surface area contributed by atoms with Gasteiger partial charge in [0, 0.05) is 0 Å². The summed E-state index contributed by atoms with van der Waals surface area (Å²) in [6.07, 6.45) is -1.70. The largest absolute Gasteiger partial charge is 0.405 e. The van der Waals surface area contributed by atoms with Crippen LogP contribution >= 0.6 is 0 Å². The Labute approximate surface area is 186 Å². The SMILES string of the molecule is CC1(C)OC2O[C@H](CO[Si](c3ccccc3)(c3ccccc3)C(C)(C)C)[C@@](C)(O)C2O1. The van der Waals surface area contributed by atoms with Crippen molar-refractivity contribution in [2.45, 2.75) is 76.5 Å². The Balaban J connectivity index is 1.69. The zero-order chi connectivity index (χ0) is 22.5. The second-order valence-corrected chi connectivity index (χ2v) is 14.6. The topological polar surface area (TPSA) is 57.2 Å². The second kappa shape index (κ2) is 7.80. The van der Waals surface area contributed by atoms with Gasteiger partial charge in [0.1, 0.15) is 17.8 Å². The van der Waals surface area contributed by atoms with Crippen LogP contribution in [0.3, 0.4) is 0 Å². The summed E-state index contributed by atoms with van der Waals surface area (Å²) in [5, 5.41) is 13.5. The molecule has 0 saturated carbocycles. The predicted octanol–water partition coefficient (Wildman–Crippen LogP) is 3.19. The predicted molar refractivity (Wildman–Crippen MR) is 123 cm³/mol. The Morgan fingerprint density at radius 3 is 1.87 bits per heavy atom. The highest BCUT2D eigenvalue weighted by Gasteiger charge is 2.61. The van der Waals surface area contributed by atoms with Crippen molar-refractivity contribution in [2.24, 2.45) is 0 Å². The molecule has 31 heavy (non-hydrogen) atoms. The third-order valence-electron chi connectivity index (χ3n) is 6.45. The van der Waals surface area contributed by atoms with E-state index in [4.69, 9.17) is 18.6 Å². The maximum absolute atomic E-state index is 11.3. The lowest BCUT2D eigenvalue weighted by Crippen LogP contribution is -2.67. The average molecular weight is 443 g/mol. The number of aliphatic hydroxyl groups is 1. The Morgan fingerprint density at radius 1 is 0.903 bits per heavy atom. The number of rotatable bonds is 5. The van der Waals surface area contributed by atoms with Crippen molar-refractivity contribution in [3.05, 3.63) is 60.7 Å². The second-order valence-electron chi connectivity index (χ2n) is 10.2. The first-order valence-corrected chi connectivity index (χ1v) is 12.9. The van der Waals surface area contributed by atoms with E-state index >= 15 is 0 Å². The summed E-state index contributed by atoms with van der Waals surface area (Å²) in [5.74, 6) is -0.775. The molecule has 0 bridgehead atoms. The molecular weight excluding hydrogens is 408 g/mol. The van der Waals surface area contributed by atoms with Crippen molar-refractivity contribution in [3.8, 4) is 0 Å². The maximum atomic E-state index is 11.3. The summed E-state index contributed by atoms with van der Waals surface area (Å²) in [7, 11) is -2.72. The van der Waals surface area contributed by atoms with Gasteiger partial charge in [0.15, 0.2) is 12.1 Å². The van der Waals surface area contributed by atoms with E-state index in [9.17, 15) is 5.11 Å². The molecule has 0 amide bonds. The van der Waals surface area contributed by atoms with Crippen molar-refractivity contribution in [3.63, 3.8) is 0 Å². The molecule has 2 aromatic carbocycles. The fourth-order valence-corrected chi connectivity index (χ4v) is 9.43. The molecule has 0 radical (unpaired) electrons. The van der Waals surface area contributed by atoms with Gasteiger partial charge < -0.3 is 23.7 Å². The lowest BCUT2D eigenvalue weighted by molar-refractivity contribution is -0.230. The molecule has 2 unspecified atom stereocenters. The van der Waals surface area contributed by atoms with Crippen LogP contribution in [0.4, 0.5) is 0 Å². The quantitative estimate of drug-likeness (QED) is 0.721. The Morgan fingerprint density at radius 2 is 1.42 bits per heavy atom. The zero-order valence-electron chi connectivity index (χ0n) is 19.3. The van der Waals surface area contributed by atoms with Crippen LogP contribution in [-0.2, 0) is 18.6 Å². The summed E-state index contributed by atoms with van der Waals surface area (Å²) in [6.45, 7) is 12.4. The first-order chi connectivity index (χ1) is 14.5. The Kier molecular flexibility index (Phi) is 5.69. The van der Waals surface area contributed by atoms with E-state index < -0.39 is 38.2 Å². The number of fused-ring (bicyclic) bond motifs is 1. The van der Waals surface area contributed by atoms with Gasteiger partial charge in [0.05, 0.1) is 6.61 Å². The standard InChI is InChI=1S/C25H34O5Si/c1-23(2,3)31(18-13-9-7-10-14-18,19-15-11-8-12-16-19)27-17-20-25(6,26)21-22(28-20)30-24(4,5)29-21/h7-16,20-22,26H,17H2,1-6H3/t20-,21?,22?,25-/m1/s1. The van der Waals surface area contributed by atoms with Crippen LogP contribution in [-0.4, -0.2) is 49.9 Å². The minimum absolute atomic E-state index is 0.148. The van der Waals surface area contributed by atoms with Gasteiger partial charge in [-0.05, 0) is 36.2 Å². The lowest BCUT2D eigenvalue weighted by atomic mass is 9.95. The molecule has 4 atom stereocenters. The highest BCUT2D eigenvalue weighted by molar-refractivity contribution is 6.99. The third kappa shape index (κ3) is 3.90. The van der Waals surface area contributed by atoms with E-state index in [2.05, 4.69) is 69.3 Å². The van der Waals surface area contributed by atoms with Gasteiger partial charge in [-0.1, -0.05) is 81.4 Å². The molecule has 168 valence electrons. The summed E-state index contributed by atoms with van der Waals surface area (Å²) in [5.41, 5.74) is -1.22. The molecule has 6 heteroatoms. The molecule has 4 rings (SSSR count).